The summed E-state index contributed by atoms with van der Waals surface area (Å²) in [5.41, 5.74) is 4.10. The van der Waals surface area contributed by atoms with E-state index in [-0.39, 0.29) is 6.03 Å². The molecule has 2 aliphatic rings. The van der Waals surface area contributed by atoms with E-state index < -0.39 is 0 Å². The predicted molar refractivity (Wildman–Crippen MR) is 126 cm³/mol. The number of amides is 2. The Balaban J connectivity index is 1.28. The van der Waals surface area contributed by atoms with Crippen LogP contribution in [0.4, 0.5) is 10.5 Å². The van der Waals surface area contributed by atoms with Crippen molar-refractivity contribution < 1.29 is 9.53 Å². The van der Waals surface area contributed by atoms with E-state index in [2.05, 4.69) is 29.3 Å². The number of piperazine rings is 1. The van der Waals surface area contributed by atoms with Gasteiger partial charge in [-0.3, -0.25) is 0 Å². The van der Waals surface area contributed by atoms with Crippen LogP contribution in [0.5, 0.6) is 11.5 Å². The monoisotopic (exact) mass is 426 g/mol. The average Bonchev–Trinajstić information content (AvgIpc) is 2.99. The summed E-state index contributed by atoms with van der Waals surface area (Å²) < 4.78 is 6.15. The molecule has 3 aromatic carbocycles. The van der Waals surface area contributed by atoms with Crippen molar-refractivity contribution >= 4 is 17.6 Å². The van der Waals surface area contributed by atoms with Crippen LogP contribution in [0, 0.1) is 6.92 Å². The minimum absolute atomic E-state index is 0.0250. The standard InChI is InChI=1S/C26H26N4O2/c1-19-7-6-8-20(17-19)18-27-26(31)30-15-13-29(14-16-30)25-21-9-2-4-11-23(21)32-24-12-5-3-10-22(24)28-25/h2-12,17H,13-16,18H2,1H3,(H,27,31). The number of urea groups is 1. The second kappa shape index (κ2) is 8.75. The number of rotatable bonds is 2. The number of carbonyl (C=O) groups is 1. The molecule has 162 valence electrons. The van der Waals surface area contributed by atoms with Crippen LogP contribution in [0.1, 0.15) is 16.7 Å². The zero-order valence-electron chi connectivity index (χ0n) is 18.1. The van der Waals surface area contributed by atoms with E-state index in [1.54, 1.807) is 0 Å². The van der Waals surface area contributed by atoms with Gasteiger partial charge in [0.05, 0.1) is 5.56 Å². The number of nitrogens with one attached hydrogen (secondary N) is 1. The Morgan fingerprint density at radius 1 is 0.938 bits per heavy atom. The Morgan fingerprint density at radius 3 is 2.50 bits per heavy atom. The molecule has 1 N–H and O–H groups in total. The molecule has 0 saturated carbocycles. The van der Waals surface area contributed by atoms with Crippen LogP contribution < -0.4 is 10.1 Å². The Bertz CT molecular complexity index is 1170. The number of fused-ring (bicyclic) bond motifs is 2. The van der Waals surface area contributed by atoms with Crippen molar-refractivity contribution in [2.45, 2.75) is 13.5 Å². The summed E-state index contributed by atoms with van der Waals surface area (Å²) in [6.45, 7) is 5.31. The van der Waals surface area contributed by atoms with Crippen LogP contribution in [-0.2, 0) is 6.54 Å². The Kier molecular flexibility index (Phi) is 5.50. The molecule has 1 saturated heterocycles. The fraction of sp³-hybridized carbons (Fsp3) is 0.231. The highest BCUT2D eigenvalue weighted by atomic mass is 16.5. The third kappa shape index (κ3) is 4.17. The largest absolute Gasteiger partial charge is 0.454 e. The Hall–Kier alpha value is -3.80. The molecule has 0 spiro atoms. The van der Waals surface area contributed by atoms with Gasteiger partial charge in [-0.05, 0) is 36.8 Å². The molecule has 3 aromatic rings. The summed E-state index contributed by atoms with van der Waals surface area (Å²) >= 11 is 0. The topological polar surface area (TPSA) is 57.2 Å². The molecule has 0 aromatic heterocycles. The molecule has 6 nitrogen and oxygen atoms in total. The van der Waals surface area contributed by atoms with Crippen molar-refractivity contribution in [3.63, 3.8) is 0 Å². The zero-order chi connectivity index (χ0) is 21.9. The molecule has 32 heavy (non-hydrogen) atoms. The molecule has 0 radical (unpaired) electrons. The fourth-order valence-corrected chi connectivity index (χ4v) is 4.14. The highest BCUT2D eigenvalue weighted by Gasteiger charge is 2.27. The van der Waals surface area contributed by atoms with Gasteiger partial charge in [0, 0.05) is 32.7 Å². The molecular formula is C26H26N4O2. The molecule has 2 heterocycles. The van der Waals surface area contributed by atoms with E-state index in [4.69, 9.17) is 9.73 Å². The minimum atomic E-state index is -0.0250. The number of aryl methyl sites for hydroxylation is 1. The second-order valence-corrected chi connectivity index (χ2v) is 8.12. The fourth-order valence-electron chi connectivity index (χ4n) is 4.14. The molecule has 0 unspecified atom stereocenters. The lowest BCUT2D eigenvalue weighted by Gasteiger charge is -2.36. The highest BCUT2D eigenvalue weighted by Crippen LogP contribution is 2.37. The second-order valence-electron chi connectivity index (χ2n) is 8.12. The lowest BCUT2D eigenvalue weighted by molar-refractivity contribution is 0.169. The third-order valence-corrected chi connectivity index (χ3v) is 5.83. The van der Waals surface area contributed by atoms with Crippen molar-refractivity contribution in [1.82, 2.24) is 15.1 Å². The van der Waals surface area contributed by atoms with Gasteiger partial charge in [-0.15, -0.1) is 0 Å². The third-order valence-electron chi connectivity index (χ3n) is 5.83. The summed E-state index contributed by atoms with van der Waals surface area (Å²) in [7, 11) is 0. The van der Waals surface area contributed by atoms with Gasteiger partial charge >= 0.3 is 6.03 Å². The van der Waals surface area contributed by atoms with Crippen molar-refractivity contribution in [1.29, 1.82) is 0 Å². The molecule has 5 rings (SSSR count). The van der Waals surface area contributed by atoms with E-state index in [0.29, 0.717) is 32.7 Å². The number of benzene rings is 3. The number of hydrogen-bond donors (Lipinski definition) is 1. The van der Waals surface area contributed by atoms with Gasteiger partial charge in [0.25, 0.3) is 0 Å². The van der Waals surface area contributed by atoms with Gasteiger partial charge in [-0.25, -0.2) is 9.79 Å². The lowest BCUT2D eigenvalue weighted by atomic mass is 10.1. The number of ether oxygens (including phenoxy) is 1. The summed E-state index contributed by atoms with van der Waals surface area (Å²) in [6, 6.07) is 24.0. The average molecular weight is 427 g/mol. The number of para-hydroxylation sites is 3. The van der Waals surface area contributed by atoms with Gasteiger partial charge in [-0.1, -0.05) is 54.1 Å². The van der Waals surface area contributed by atoms with E-state index in [9.17, 15) is 4.79 Å². The Labute approximate surface area is 188 Å². The summed E-state index contributed by atoms with van der Waals surface area (Å²) in [5, 5.41) is 3.05. The minimum Gasteiger partial charge on any atom is -0.454 e. The molecule has 0 bridgehead atoms. The maximum Gasteiger partial charge on any atom is 0.317 e. The highest BCUT2D eigenvalue weighted by molar-refractivity contribution is 6.03. The van der Waals surface area contributed by atoms with Crippen LogP contribution in [0.25, 0.3) is 0 Å². The molecule has 2 aliphatic heterocycles. The first kappa shape index (κ1) is 20.1. The van der Waals surface area contributed by atoms with Crippen molar-refractivity contribution in [3.8, 4) is 11.5 Å². The van der Waals surface area contributed by atoms with E-state index >= 15 is 0 Å². The summed E-state index contributed by atoms with van der Waals surface area (Å²) in [5.74, 6) is 2.45. The number of aliphatic imine (C=N–C) groups is 1. The lowest BCUT2D eigenvalue weighted by Crippen LogP contribution is -2.53. The normalized spacial score (nSPS) is 15.1. The Morgan fingerprint density at radius 2 is 1.69 bits per heavy atom. The van der Waals surface area contributed by atoms with Crippen LogP contribution in [0.2, 0.25) is 0 Å². The molecule has 1 fully saturated rings. The number of amidine groups is 1. The molecule has 0 atom stereocenters. The van der Waals surface area contributed by atoms with E-state index in [1.165, 1.54) is 5.56 Å². The molecular weight excluding hydrogens is 400 g/mol. The maximum atomic E-state index is 12.7. The first-order valence-corrected chi connectivity index (χ1v) is 11.0. The summed E-state index contributed by atoms with van der Waals surface area (Å²) in [4.78, 5) is 21.8. The van der Waals surface area contributed by atoms with Gasteiger partial charge in [0.1, 0.15) is 17.3 Å². The van der Waals surface area contributed by atoms with E-state index in [1.807, 2.05) is 65.6 Å². The quantitative estimate of drug-likeness (QED) is 0.646. The smallest absolute Gasteiger partial charge is 0.317 e. The SMILES string of the molecule is Cc1cccc(CNC(=O)N2CCN(C3=Nc4ccccc4Oc4ccccc43)CC2)c1. The number of nitrogens with zero attached hydrogens (tertiary/aromatic N) is 3. The van der Waals surface area contributed by atoms with Gasteiger partial charge in [0.15, 0.2) is 5.75 Å². The number of hydrogen-bond acceptors (Lipinski definition) is 4. The van der Waals surface area contributed by atoms with Gasteiger partial charge in [-0.2, -0.15) is 0 Å². The van der Waals surface area contributed by atoms with Crippen LogP contribution >= 0.6 is 0 Å². The first-order valence-electron chi connectivity index (χ1n) is 11.0. The van der Waals surface area contributed by atoms with E-state index in [0.717, 1.165) is 34.1 Å². The number of carbonyl (C=O) groups excluding carboxylic acids is 1. The van der Waals surface area contributed by atoms with Crippen molar-refractivity contribution in [2.24, 2.45) is 4.99 Å². The van der Waals surface area contributed by atoms with Crippen molar-refractivity contribution in [3.05, 3.63) is 89.5 Å². The molecule has 6 heteroatoms. The van der Waals surface area contributed by atoms with Crippen LogP contribution in [-0.4, -0.2) is 47.8 Å². The van der Waals surface area contributed by atoms with Gasteiger partial charge < -0.3 is 19.9 Å². The molecule has 2 amide bonds. The summed E-state index contributed by atoms with van der Waals surface area (Å²) in [6.07, 6.45) is 0. The maximum absolute atomic E-state index is 12.7. The van der Waals surface area contributed by atoms with Crippen LogP contribution in [0.15, 0.2) is 77.8 Å². The predicted octanol–water partition coefficient (Wildman–Crippen LogP) is 4.71. The van der Waals surface area contributed by atoms with Gasteiger partial charge in [0.2, 0.25) is 0 Å². The first-order chi connectivity index (χ1) is 15.7. The molecule has 0 aliphatic carbocycles. The zero-order valence-corrected chi connectivity index (χ0v) is 18.1. The van der Waals surface area contributed by atoms with Crippen molar-refractivity contribution in [2.75, 3.05) is 26.2 Å². The van der Waals surface area contributed by atoms with Crippen LogP contribution in [0.3, 0.4) is 0 Å².